The van der Waals surface area contributed by atoms with Gasteiger partial charge in [0, 0.05) is 37.2 Å². The molecule has 7 heteroatoms. The van der Waals surface area contributed by atoms with E-state index in [0.29, 0.717) is 0 Å². The number of benzene rings is 1. The molecule has 0 amide bonds. The Balaban J connectivity index is 1.83. The first-order chi connectivity index (χ1) is 10.1. The fraction of sp³-hybridized carbons (Fsp3) is 0.357. The standard InChI is InChI=1S/C14H17ClN4O2/c1-11-8-14(19(20)21)12(15)9-13(11)17-4-2-3-6-18-7-5-16-10-18/h5,7-10,17H,2-4,6H2,1H3. The summed E-state index contributed by atoms with van der Waals surface area (Å²) in [6.45, 7) is 3.56. The smallest absolute Gasteiger partial charge is 0.288 e. The number of aromatic nitrogens is 2. The number of rotatable bonds is 7. The van der Waals surface area contributed by atoms with E-state index in [4.69, 9.17) is 11.6 Å². The Labute approximate surface area is 127 Å². The topological polar surface area (TPSA) is 73.0 Å². The minimum absolute atomic E-state index is 0.0557. The van der Waals surface area contributed by atoms with Crippen molar-refractivity contribution >= 4 is 23.0 Å². The van der Waals surface area contributed by atoms with Gasteiger partial charge in [0.2, 0.25) is 0 Å². The average molecular weight is 309 g/mol. The Morgan fingerprint density at radius 3 is 2.90 bits per heavy atom. The van der Waals surface area contributed by atoms with Crippen LogP contribution in [0.25, 0.3) is 0 Å². The van der Waals surface area contributed by atoms with Gasteiger partial charge in [-0.1, -0.05) is 11.6 Å². The monoisotopic (exact) mass is 308 g/mol. The van der Waals surface area contributed by atoms with Crippen molar-refractivity contribution < 1.29 is 4.92 Å². The van der Waals surface area contributed by atoms with Crippen LogP contribution < -0.4 is 5.32 Å². The summed E-state index contributed by atoms with van der Waals surface area (Å²) in [7, 11) is 0. The van der Waals surface area contributed by atoms with Crippen LogP contribution in [0.2, 0.25) is 5.02 Å². The van der Waals surface area contributed by atoms with Crippen LogP contribution in [-0.2, 0) is 6.54 Å². The molecule has 0 aliphatic heterocycles. The van der Waals surface area contributed by atoms with Gasteiger partial charge < -0.3 is 9.88 Å². The second-order valence-corrected chi connectivity index (χ2v) is 5.22. The molecule has 0 saturated heterocycles. The van der Waals surface area contributed by atoms with Gasteiger partial charge >= 0.3 is 0 Å². The molecular formula is C14H17ClN4O2. The minimum Gasteiger partial charge on any atom is -0.385 e. The molecular weight excluding hydrogens is 292 g/mol. The number of nitro benzene ring substituents is 1. The van der Waals surface area contributed by atoms with E-state index in [1.807, 2.05) is 17.7 Å². The summed E-state index contributed by atoms with van der Waals surface area (Å²) in [5, 5.41) is 14.2. The molecule has 0 spiro atoms. The Morgan fingerprint density at radius 1 is 1.43 bits per heavy atom. The first kappa shape index (κ1) is 15.3. The van der Waals surface area contributed by atoms with Crippen LogP contribution in [0, 0.1) is 17.0 Å². The van der Waals surface area contributed by atoms with Gasteiger partial charge in [-0.05, 0) is 31.4 Å². The van der Waals surface area contributed by atoms with Crippen LogP contribution in [0.4, 0.5) is 11.4 Å². The summed E-state index contributed by atoms with van der Waals surface area (Å²) >= 11 is 5.91. The van der Waals surface area contributed by atoms with Crippen molar-refractivity contribution in [2.45, 2.75) is 26.3 Å². The molecule has 1 heterocycles. The molecule has 0 atom stereocenters. The Morgan fingerprint density at radius 2 is 2.24 bits per heavy atom. The average Bonchev–Trinajstić information content (AvgIpc) is 2.94. The number of hydrogen-bond acceptors (Lipinski definition) is 4. The molecule has 1 aromatic heterocycles. The van der Waals surface area contributed by atoms with Crippen LogP contribution in [0.5, 0.6) is 0 Å². The van der Waals surface area contributed by atoms with Crippen molar-refractivity contribution in [1.82, 2.24) is 9.55 Å². The SMILES string of the molecule is Cc1cc([N+](=O)[O-])c(Cl)cc1NCCCCn1ccnc1. The highest BCUT2D eigenvalue weighted by molar-refractivity contribution is 6.33. The molecule has 1 aromatic carbocycles. The van der Waals surface area contributed by atoms with E-state index < -0.39 is 4.92 Å². The van der Waals surface area contributed by atoms with Gasteiger partial charge in [0.1, 0.15) is 5.02 Å². The molecule has 2 aromatic rings. The summed E-state index contributed by atoms with van der Waals surface area (Å²) in [5.41, 5.74) is 1.61. The lowest BCUT2D eigenvalue weighted by atomic mass is 10.1. The lowest BCUT2D eigenvalue weighted by molar-refractivity contribution is -0.384. The van der Waals surface area contributed by atoms with Gasteiger partial charge in [-0.3, -0.25) is 10.1 Å². The van der Waals surface area contributed by atoms with E-state index in [1.165, 1.54) is 6.07 Å². The third kappa shape index (κ3) is 4.19. The molecule has 0 aliphatic carbocycles. The molecule has 2 rings (SSSR count). The fourth-order valence-electron chi connectivity index (χ4n) is 2.06. The molecule has 0 aliphatic rings. The van der Waals surface area contributed by atoms with E-state index in [-0.39, 0.29) is 10.7 Å². The Hall–Kier alpha value is -2.08. The Kier molecular flexibility index (Phi) is 5.16. The number of halogens is 1. The maximum absolute atomic E-state index is 10.8. The van der Waals surface area contributed by atoms with E-state index in [0.717, 1.165) is 37.2 Å². The van der Waals surface area contributed by atoms with Gasteiger partial charge in [0.05, 0.1) is 11.3 Å². The number of imidazole rings is 1. The van der Waals surface area contributed by atoms with Gasteiger partial charge in [-0.2, -0.15) is 0 Å². The van der Waals surface area contributed by atoms with Crippen LogP contribution in [0.15, 0.2) is 30.9 Å². The highest BCUT2D eigenvalue weighted by atomic mass is 35.5. The van der Waals surface area contributed by atoms with E-state index in [2.05, 4.69) is 10.3 Å². The molecule has 0 fully saturated rings. The first-order valence-corrected chi connectivity index (χ1v) is 7.10. The van der Waals surface area contributed by atoms with E-state index in [1.54, 1.807) is 18.6 Å². The molecule has 112 valence electrons. The molecule has 0 bridgehead atoms. The number of nitrogens with one attached hydrogen (secondary N) is 1. The number of anilines is 1. The number of hydrogen-bond donors (Lipinski definition) is 1. The largest absolute Gasteiger partial charge is 0.385 e. The van der Waals surface area contributed by atoms with Crippen molar-refractivity contribution in [2.75, 3.05) is 11.9 Å². The number of aryl methyl sites for hydroxylation is 2. The van der Waals surface area contributed by atoms with Crippen LogP contribution >= 0.6 is 11.6 Å². The lowest BCUT2D eigenvalue weighted by Gasteiger charge is -2.10. The van der Waals surface area contributed by atoms with E-state index >= 15 is 0 Å². The normalized spacial score (nSPS) is 10.6. The van der Waals surface area contributed by atoms with Crippen molar-refractivity contribution in [2.24, 2.45) is 0 Å². The lowest BCUT2D eigenvalue weighted by Crippen LogP contribution is -2.05. The second kappa shape index (κ2) is 7.08. The van der Waals surface area contributed by atoms with Gasteiger partial charge in [0.25, 0.3) is 5.69 Å². The molecule has 0 unspecified atom stereocenters. The highest BCUT2D eigenvalue weighted by Gasteiger charge is 2.14. The van der Waals surface area contributed by atoms with Crippen LogP contribution in [0.1, 0.15) is 18.4 Å². The molecule has 6 nitrogen and oxygen atoms in total. The first-order valence-electron chi connectivity index (χ1n) is 6.72. The summed E-state index contributed by atoms with van der Waals surface area (Å²) < 4.78 is 2.04. The third-order valence-electron chi connectivity index (χ3n) is 3.21. The maximum Gasteiger partial charge on any atom is 0.288 e. The minimum atomic E-state index is -0.468. The molecule has 1 N–H and O–H groups in total. The highest BCUT2D eigenvalue weighted by Crippen LogP contribution is 2.30. The maximum atomic E-state index is 10.8. The molecule has 0 saturated carbocycles. The Bertz CT molecular complexity index is 614. The number of nitro groups is 1. The zero-order valence-electron chi connectivity index (χ0n) is 11.8. The third-order valence-corrected chi connectivity index (χ3v) is 3.51. The van der Waals surface area contributed by atoms with Gasteiger partial charge in [-0.15, -0.1) is 0 Å². The van der Waals surface area contributed by atoms with Crippen molar-refractivity contribution in [3.8, 4) is 0 Å². The van der Waals surface area contributed by atoms with E-state index in [9.17, 15) is 10.1 Å². The number of unbranched alkanes of at least 4 members (excludes halogenated alkanes) is 1. The predicted octanol–water partition coefficient (Wildman–Crippen LogP) is 3.65. The van der Waals surface area contributed by atoms with Crippen molar-refractivity contribution in [3.63, 3.8) is 0 Å². The second-order valence-electron chi connectivity index (χ2n) is 4.81. The van der Waals surface area contributed by atoms with Crippen LogP contribution in [0.3, 0.4) is 0 Å². The predicted molar refractivity (Wildman–Crippen MR) is 82.8 cm³/mol. The quantitative estimate of drug-likeness (QED) is 0.481. The van der Waals surface area contributed by atoms with Crippen molar-refractivity contribution in [3.05, 3.63) is 51.6 Å². The summed E-state index contributed by atoms with van der Waals surface area (Å²) in [4.78, 5) is 14.3. The number of nitrogens with zero attached hydrogens (tertiary/aromatic N) is 3. The summed E-state index contributed by atoms with van der Waals surface area (Å²) in [5.74, 6) is 0. The van der Waals surface area contributed by atoms with Crippen molar-refractivity contribution in [1.29, 1.82) is 0 Å². The van der Waals surface area contributed by atoms with Gasteiger partial charge in [-0.25, -0.2) is 4.98 Å². The van der Waals surface area contributed by atoms with Gasteiger partial charge in [0.15, 0.2) is 0 Å². The zero-order valence-corrected chi connectivity index (χ0v) is 12.5. The van der Waals surface area contributed by atoms with Crippen LogP contribution in [-0.4, -0.2) is 21.0 Å². The molecule has 0 radical (unpaired) electrons. The fourth-order valence-corrected chi connectivity index (χ4v) is 2.29. The summed E-state index contributed by atoms with van der Waals surface area (Å²) in [6.07, 6.45) is 7.52. The zero-order chi connectivity index (χ0) is 15.2. The molecule has 21 heavy (non-hydrogen) atoms. The summed E-state index contributed by atoms with van der Waals surface area (Å²) in [6, 6.07) is 3.11.